The minimum Gasteiger partial charge on any atom is -0.376 e. The molecule has 0 saturated heterocycles. The van der Waals surface area contributed by atoms with E-state index >= 15 is 0 Å². The zero-order chi connectivity index (χ0) is 21.7. The molecule has 2 N–H and O–H groups in total. The van der Waals surface area contributed by atoms with Gasteiger partial charge >= 0.3 is 0 Å². The first-order chi connectivity index (χ1) is 15.7. The minimum atomic E-state index is 0.789. The van der Waals surface area contributed by atoms with Crippen LogP contribution in [0, 0.1) is 0 Å². The first-order valence-corrected chi connectivity index (χ1v) is 10.5. The summed E-state index contributed by atoms with van der Waals surface area (Å²) in [7, 11) is 4.00. The summed E-state index contributed by atoms with van der Waals surface area (Å²) >= 11 is 0. The third kappa shape index (κ3) is 2.98. The van der Waals surface area contributed by atoms with Gasteiger partial charge in [0.1, 0.15) is 11.2 Å². The van der Waals surface area contributed by atoms with Crippen molar-refractivity contribution in [3.63, 3.8) is 0 Å². The molecule has 0 bridgehead atoms. The predicted molar refractivity (Wildman–Crippen MR) is 128 cm³/mol. The number of aromatic nitrogens is 6. The summed E-state index contributed by atoms with van der Waals surface area (Å²) in [5.74, 6) is 0. The third-order valence-corrected chi connectivity index (χ3v) is 5.83. The molecule has 0 spiro atoms. The molecule has 6 rings (SSSR count). The van der Waals surface area contributed by atoms with Crippen molar-refractivity contribution in [3.05, 3.63) is 72.8 Å². The lowest BCUT2D eigenvalue weighted by atomic mass is 10.1. The number of nitrogens with zero attached hydrogens (tertiary/aromatic N) is 5. The maximum atomic E-state index is 4.94. The Hall–Kier alpha value is -4.26. The molecule has 1 aliphatic rings. The van der Waals surface area contributed by atoms with Gasteiger partial charge in [-0.15, -0.1) is 0 Å². The Balaban J connectivity index is 1.48. The first-order valence-electron chi connectivity index (χ1n) is 10.5. The largest absolute Gasteiger partial charge is 0.376 e. The Labute approximate surface area is 184 Å². The Morgan fingerprint density at radius 1 is 0.969 bits per heavy atom. The van der Waals surface area contributed by atoms with E-state index < -0.39 is 0 Å². The van der Waals surface area contributed by atoms with E-state index in [-0.39, 0.29) is 0 Å². The molecule has 7 nitrogen and oxygen atoms in total. The molecule has 5 heterocycles. The smallest absolute Gasteiger partial charge is 0.135 e. The molecule has 0 saturated carbocycles. The molecule has 0 amide bonds. The normalized spacial score (nSPS) is 13.2. The summed E-state index contributed by atoms with van der Waals surface area (Å²) < 4.78 is 0. The molecule has 0 atom stereocenters. The number of rotatable bonds is 4. The maximum absolute atomic E-state index is 4.94. The molecular formula is C25H21N7. The second-order valence-electron chi connectivity index (χ2n) is 8.12. The Kier molecular flexibility index (Phi) is 4.14. The van der Waals surface area contributed by atoms with E-state index in [1.54, 1.807) is 0 Å². The number of pyridine rings is 3. The highest BCUT2D eigenvalue weighted by atomic mass is 15.1. The second-order valence-corrected chi connectivity index (χ2v) is 8.12. The van der Waals surface area contributed by atoms with Crippen LogP contribution >= 0.6 is 0 Å². The number of hydrogen-bond donors (Lipinski definition) is 2. The summed E-state index contributed by atoms with van der Waals surface area (Å²) in [4.78, 5) is 19.3. The average molecular weight is 419 g/mol. The van der Waals surface area contributed by atoms with Crippen molar-refractivity contribution in [1.82, 2.24) is 30.1 Å². The van der Waals surface area contributed by atoms with Gasteiger partial charge in [-0.2, -0.15) is 5.10 Å². The molecule has 0 radical (unpaired) electrons. The summed E-state index contributed by atoms with van der Waals surface area (Å²) in [5.41, 5.74) is 9.57. The van der Waals surface area contributed by atoms with Crippen molar-refractivity contribution in [2.75, 3.05) is 19.0 Å². The minimum absolute atomic E-state index is 0.789. The Bertz CT molecular complexity index is 1530. The van der Waals surface area contributed by atoms with Gasteiger partial charge in [0.05, 0.1) is 40.5 Å². The van der Waals surface area contributed by atoms with Crippen molar-refractivity contribution in [3.8, 4) is 22.6 Å². The first kappa shape index (κ1) is 18.5. The molecule has 7 heteroatoms. The number of nitrogens with one attached hydrogen (secondary N) is 2. The van der Waals surface area contributed by atoms with Crippen LogP contribution in [0.4, 0.5) is 5.69 Å². The molecule has 156 valence electrons. The lowest BCUT2D eigenvalue weighted by molar-refractivity contribution is 1.11. The summed E-state index contributed by atoms with van der Waals surface area (Å²) in [6.45, 7) is 0. The topological polar surface area (TPSA) is 86.4 Å². The molecule has 32 heavy (non-hydrogen) atoms. The predicted octanol–water partition coefficient (Wildman–Crippen LogP) is 4.97. The van der Waals surface area contributed by atoms with Crippen molar-refractivity contribution in [2.24, 2.45) is 0 Å². The molecule has 0 unspecified atom stereocenters. The third-order valence-electron chi connectivity index (χ3n) is 5.83. The SMILES string of the molecule is CN(C)c1cncc(-c2ccc3[nH]nc(-c4cc5c(C6=CCC=C6)cncc5[nH]4)c3n2)c1. The fourth-order valence-corrected chi connectivity index (χ4v) is 4.13. The monoisotopic (exact) mass is 419 g/mol. The van der Waals surface area contributed by atoms with Gasteiger partial charge in [-0.1, -0.05) is 18.2 Å². The highest BCUT2D eigenvalue weighted by Gasteiger charge is 2.16. The number of anilines is 1. The summed E-state index contributed by atoms with van der Waals surface area (Å²) in [6, 6.07) is 8.23. The van der Waals surface area contributed by atoms with Gasteiger partial charge in [-0.3, -0.25) is 15.1 Å². The lowest BCUT2D eigenvalue weighted by Gasteiger charge is -2.12. The van der Waals surface area contributed by atoms with E-state index in [9.17, 15) is 0 Å². The van der Waals surface area contributed by atoms with E-state index in [4.69, 9.17) is 4.98 Å². The van der Waals surface area contributed by atoms with Crippen LogP contribution in [0.2, 0.25) is 0 Å². The van der Waals surface area contributed by atoms with Gasteiger partial charge in [0.15, 0.2) is 0 Å². The van der Waals surface area contributed by atoms with Crippen LogP contribution in [0.25, 0.3) is 50.2 Å². The van der Waals surface area contributed by atoms with Gasteiger partial charge in [-0.25, -0.2) is 4.98 Å². The number of allylic oxidation sites excluding steroid dienone is 4. The highest BCUT2D eigenvalue weighted by Crippen LogP contribution is 2.33. The number of fused-ring (bicyclic) bond motifs is 2. The van der Waals surface area contributed by atoms with Gasteiger partial charge < -0.3 is 9.88 Å². The van der Waals surface area contributed by atoms with Gasteiger partial charge in [0, 0.05) is 43.0 Å². The van der Waals surface area contributed by atoms with E-state index in [1.807, 2.05) is 55.9 Å². The van der Waals surface area contributed by atoms with Crippen LogP contribution in [0.5, 0.6) is 0 Å². The molecule has 0 aromatic carbocycles. The Morgan fingerprint density at radius 3 is 2.72 bits per heavy atom. The fraction of sp³-hybridized carbons (Fsp3) is 0.120. The van der Waals surface area contributed by atoms with Crippen LogP contribution in [0.1, 0.15) is 12.0 Å². The van der Waals surface area contributed by atoms with Gasteiger partial charge in [0.2, 0.25) is 0 Å². The quantitative estimate of drug-likeness (QED) is 0.429. The van der Waals surface area contributed by atoms with Crippen LogP contribution in [0.15, 0.2) is 67.3 Å². The average Bonchev–Trinajstić information content (AvgIpc) is 3.57. The van der Waals surface area contributed by atoms with Gasteiger partial charge in [0.25, 0.3) is 0 Å². The number of H-pyrrole nitrogens is 2. The van der Waals surface area contributed by atoms with E-state index in [2.05, 4.69) is 55.5 Å². The summed E-state index contributed by atoms with van der Waals surface area (Å²) in [5, 5.41) is 8.82. The van der Waals surface area contributed by atoms with Crippen molar-refractivity contribution in [2.45, 2.75) is 6.42 Å². The van der Waals surface area contributed by atoms with Crippen LogP contribution in [-0.2, 0) is 0 Å². The zero-order valence-corrected chi connectivity index (χ0v) is 17.8. The molecule has 0 aliphatic heterocycles. The number of aromatic amines is 2. The van der Waals surface area contributed by atoms with Crippen molar-refractivity contribution < 1.29 is 0 Å². The standard InChI is InChI=1S/C25H21N7/c1-32(2)17-9-16(11-26-12-17)20-7-8-21-24(29-20)25(31-30-21)22-10-18-19(15-5-3-4-6-15)13-27-14-23(18)28-22/h3,5-14,28H,4H2,1-2H3,(H,30,31). The molecular weight excluding hydrogens is 398 g/mol. The van der Waals surface area contributed by atoms with Gasteiger partial charge in [-0.05, 0) is 36.3 Å². The Morgan fingerprint density at radius 2 is 1.88 bits per heavy atom. The van der Waals surface area contributed by atoms with E-state index in [1.165, 1.54) is 5.57 Å². The lowest BCUT2D eigenvalue weighted by Crippen LogP contribution is -2.08. The maximum Gasteiger partial charge on any atom is 0.135 e. The summed E-state index contributed by atoms with van der Waals surface area (Å²) in [6.07, 6.45) is 15.0. The highest BCUT2D eigenvalue weighted by molar-refractivity contribution is 5.99. The van der Waals surface area contributed by atoms with Crippen molar-refractivity contribution in [1.29, 1.82) is 0 Å². The molecule has 1 aliphatic carbocycles. The van der Waals surface area contributed by atoms with Crippen molar-refractivity contribution >= 4 is 33.2 Å². The fourth-order valence-electron chi connectivity index (χ4n) is 4.13. The van der Waals surface area contributed by atoms with Crippen LogP contribution in [-0.4, -0.2) is 44.2 Å². The zero-order valence-electron chi connectivity index (χ0n) is 17.8. The molecule has 5 aromatic rings. The number of hydrogen-bond acceptors (Lipinski definition) is 5. The van der Waals surface area contributed by atoms with Crippen LogP contribution < -0.4 is 4.90 Å². The van der Waals surface area contributed by atoms with Crippen LogP contribution in [0.3, 0.4) is 0 Å². The second kappa shape index (κ2) is 7.16. The molecule has 0 fully saturated rings. The molecule has 5 aromatic heterocycles. The van der Waals surface area contributed by atoms with E-state index in [0.717, 1.165) is 62.3 Å². The van der Waals surface area contributed by atoms with E-state index in [0.29, 0.717) is 0 Å².